The number of hydrogen-bond donors (Lipinski definition) is 1. The van der Waals surface area contributed by atoms with Gasteiger partial charge in [0.05, 0.1) is 5.56 Å². The zero-order valence-electron chi connectivity index (χ0n) is 28.2. The van der Waals surface area contributed by atoms with Gasteiger partial charge in [-0.15, -0.1) is 0 Å². The van der Waals surface area contributed by atoms with E-state index < -0.39 is 5.97 Å². The number of carboxylic acid groups (broad SMARTS) is 1. The van der Waals surface area contributed by atoms with Crippen molar-refractivity contribution >= 4 is 157 Å². The molecule has 0 aromatic heterocycles. The van der Waals surface area contributed by atoms with Crippen molar-refractivity contribution in [1.29, 1.82) is 0 Å². The van der Waals surface area contributed by atoms with Gasteiger partial charge >= 0.3 is 5.97 Å². The summed E-state index contributed by atoms with van der Waals surface area (Å²) >= 11 is 0. The molecule has 1 aliphatic carbocycles. The number of rotatable bonds is 2. The van der Waals surface area contributed by atoms with Gasteiger partial charge in [-0.25, -0.2) is 4.79 Å². The molecule has 2 aliphatic rings. The van der Waals surface area contributed by atoms with Gasteiger partial charge in [-0.05, 0) is 187 Å². The Morgan fingerprint density at radius 2 is 0.792 bits per heavy atom. The topological polar surface area (TPSA) is 40.5 Å². The number of nitrogens with zero attached hydrogens (tertiary/aromatic N) is 1. The number of fused-ring (bicyclic) bond motifs is 8. The van der Waals surface area contributed by atoms with Crippen LogP contribution >= 0.6 is 0 Å². The van der Waals surface area contributed by atoms with E-state index in [9.17, 15) is 9.90 Å². The first-order valence-electron chi connectivity index (χ1n) is 19.1. The minimum atomic E-state index is -0.871. The lowest BCUT2D eigenvalue weighted by Crippen LogP contribution is -2.20. The smallest absolute Gasteiger partial charge is 0.335 e. The SMILES string of the molecule is CN1CC2c3c4ccc5c6ccc7c8ccc9c%10ccc%11c(c%12c3c3c4c5c4c6c7c5c8c9c6c%10c%11c%12c7c3c4c5c67)C2C1c1ccc(C(=O)O)cc1. The van der Waals surface area contributed by atoms with Crippen LogP contribution in [0.3, 0.4) is 0 Å². The third-order valence-corrected chi connectivity index (χ3v) is 16.0. The second-order valence-electron chi connectivity index (χ2n) is 17.4. The highest BCUT2D eigenvalue weighted by Crippen LogP contribution is 2.71. The van der Waals surface area contributed by atoms with Crippen LogP contribution in [0.4, 0.5) is 0 Å². The molecule has 16 aromatic carbocycles. The molecule has 1 N–H and O–H groups in total. The Hall–Kier alpha value is -6.29. The van der Waals surface area contributed by atoms with Gasteiger partial charge in [-0.3, -0.25) is 4.90 Å². The summed E-state index contributed by atoms with van der Waals surface area (Å²) in [7, 11) is 2.30. The molecule has 1 heterocycles. The van der Waals surface area contributed by atoms with Crippen LogP contribution in [0.1, 0.15) is 44.9 Å². The third kappa shape index (κ3) is 1.88. The van der Waals surface area contributed by atoms with E-state index in [4.69, 9.17) is 0 Å². The molecular formula is C50H21NO2. The Kier molecular flexibility index (Phi) is 2.99. The Balaban J connectivity index is 1.21. The molecule has 3 nitrogen and oxygen atoms in total. The average molecular weight is 668 g/mol. The maximum atomic E-state index is 11.9. The number of carboxylic acids is 1. The normalized spacial score (nSPS) is 20.7. The van der Waals surface area contributed by atoms with Crippen LogP contribution in [-0.2, 0) is 0 Å². The number of likely N-dealkylation sites (N-methyl/N-ethyl adjacent to an activating group) is 1. The first-order valence-corrected chi connectivity index (χ1v) is 19.1. The first-order chi connectivity index (χ1) is 26.1. The quantitative estimate of drug-likeness (QED) is 0.187. The largest absolute Gasteiger partial charge is 0.478 e. The minimum Gasteiger partial charge on any atom is -0.478 e. The van der Waals surface area contributed by atoms with E-state index in [1.54, 1.807) is 32.7 Å². The molecule has 53 heavy (non-hydrogen) atoms. The monoisotopic (exact) mass is 667 g/mol. The molecule has 1 saturated heterocycles. The van der Waals surface area contributed by atoms with E-state index in [1.807, 2.05) is 12.1 Å². The zero-order chi connectivity index (χ0) is 33.6. The standard InChI is InChI=1S/C50H21NO2/c1-51-14-25-26-23-12-10-21-19-8-6-17-18-7-9-20-22-11-13-24-34-32(22)40-30(20)28(18)38-27(17)29(19)39-31(21)33(23)41-37(26)43(42(34)48-46(40)44(38)45(39)47(41)48)35(24)36(25)49(51)15-2-4-16(5-3-15)50(52)53/h2-13,25,36,49H,14H2,1H3,(H,52,53). The van der Waals surface area contributed by atoms with Gasteiger partial charge in [-0.1, -0.05) is 60.7 Å². The molecule has 1 fully saturated rings. The molecule has 238 valence electrons. The average Bonchev–Trinajstić information content (AvgIpc) is 4.02. The summed E-state index contributed by atoms with van der Waals surface area (Å²) < 4.78 is 0. The van der Waals surface area contributed by atoms with Crippen LogP contribution in [0.5, 0.6) is 0 Å². The highest BCUT2D eigenvalue weighted by Gasteiger charge is 2.50. The van der Waals surface area contributed by atoms with Crippen molar-refractivity contribution in [3.63, 3.8) is 0 Å². The van der Waals surface area contributed by atoms with Crippen molar-refractivity contribution in [1.82, 2.24) is 4.90 Å². The fraction of sp³-hybridized carbons (Fsp3) is 0.100. The number of hydrogen-bond acceptors (Lipinski definition) is 2. The Bertz CT molecular complexity index is 4270. The molecule has 3 unspecified atom stereocenters. The summed E-state index contributed by atoms with van der Waals surface area (Å²) in [5, 5.41) is 51.6. The highest BCUT2D eigenvalue weighted by molar-refractivity contribution is 6.69. The zero-order valence-corrected chi connectivity index (χ0v) is 28.2. The maximum Gasteiger partial charge on any atom is 0.335 e. The molecule has 0 spiro atoms. The summed E-state index contributed by atoms with van der Waals surface area (Å²) in [5.41, 5.74) is 4.67. The predicted octanol–water partition coefficient (Wildman–Crippen LogP) is 12.7. The van der Waals surface area contributed by atoms with Gasteiger partial charge in [0.1, 0.15) is 0 Å². The van der Waals surface area contributed by atoms with Crippen LogP contribution < -0.4 is 0 Å². The fourth-order valence-corrected chi connectivity index (χ4v) is 14.8. The van der Waals surface area contributed by atoms with Gasteiger partial charge < -0.3 is 5.11 Å². The Morgan fingerprint density at radius 3 is 1.23 bits per heavy atom. The summed E-state index contributed by atoms with van der Waals surface area (Å²) in [4.78, 5) is 14.5. The minimum absolute atomic E-state index is 0.140. The molecule has 18 rings (SSSR count). The lowest BCUT2D eigenvalue weighted by atomic mass is 9.72. The molecule has 0 radical (unpaired) electrons. The van der Waals surface area contributed by atoms with Crippen molar-refractivity contribution < 1.29 is 9.90 Å². The van der Waals surface area contributed by atoms with Crippen molar-refractivity contribution in [2.75, 3.05) is 13.6 Å². The van der Waals surface area contributed by atoms with Crippen LogP contribution in [0.25, 0.3) is 151 Å². The van der Waals surface area contributed by atoms with Crippen LogP contribution in [0.2, 0.25) is 0 Å². The molecule has 16 aromatic rings. The van der Waals surface area contributed by atoms with Gasteiger partial charge in [0.15, 0.2) is 0 Å². The van der Waals surface area contributed by atoms with Gasteiger partial charge in [-0.2, -0.15) is 0 Å². The van der Waals surface area contributed by atoms with Gasteiger partial charge in [0, 0.05) is 24.4 Å². The molecule has 0 saturated carbocycles. The number of aromatic carboxylic acids is 1. The van der Waals surface area contributed by atoms with Crippen molar-refractivity contribution in [2.45, 2.75) is 17.9 Å². The second kappa shape index (κ2) is 6.59. The van der Waals surface area contributed by atoms with E-state index in [0.29, 0.717) is 11.5 Å². The highest BCUT2D eigenvalue weighted by atomic mass is 16.4. The van der Waals surface area contributed by atoms with Crippen LogP contribution in [0.15, 0.2) is 72.8 Å². The molecule has 0 amide bonds. The van der Waals surface area contributed by atoms with E-state index >= 15 is 0 Å². The third-order valence-electron chi connectivity index (χ3n) is 16.0. The lowest BCUT2D eigenvalue weighted by Gasteiger charge is -2.31. The summed E-state index contributed by atoms with van der Waals surface area (Å²) in [5.74, 6) is -0.293. The molecule has 0 bridgehead atoms. The summed E-state index contributed by atoms with van der Waals surface area (Å²) in [6.07, 6.45) is 0. The van der Waals surface area contributed by atoms with Gasteiger partial charge in [0.2, 0.25) is 0 Å². The van der Waals surface area contributed by atoms with E-state index in [0.717, 1.165) is 6.54 Å². The molecule has 3 heteroatoms. The van der Waals surface area contributed by atoms with Crippen molar-refractivity contribution in [2.24, 2.45) is 0 Å². The Labute approximate surface area is 297 Å². The van der Waals surface area contributed by atoms with Crippen LogP contribution in [0, 0.1) is 0 Å². The van der Waals surface area contributed by atoms with E-state index in [1.165, 1.54) is 135 Å². The second-order valence-corrected chi connectivity index (χ2v) is 17.4. The van der Waals surface area contributed by atoms with E-state index in [2.05, 4.69) is 72.6 Å². The predicted molar refractivity (Wildman–Crippen MR) is 220 cm³/mol. The van der Waals surface area contributed by atoms with Crippen molar-refractivity contribution in [3.05, 3.63) is 95.1 Å². The molecular weight excluding hydrogens is 647 g/mol. The summed E-state index contributed by atoms with van der Waals surface area (Å²) in [6, 6.07) is 27.7. The van der Waals surface area contributed by atoms with E-state index in [-0.39, 0.29) is 12.0 Å². The lowest BCUT2D eigenvalue weighted by molar-refractivity contribution is 0.0697. The number of carbonyl (C=O) groups is 1. The van der Waals surface area contributed by atoms with Crippen molar-refractivity contribution in [3.8, 4) is 0 Å². The Morgan fingerprint density at radius 1 is 0.453 bits per heavy atom. The molecule has 3 atom stereocenters. The first kappa shape index (κ1) is 24.0. The maximum absolute atomic E-state index is 11.9. The fourth-order valence-electron chi connectivity index (χ4n) is 14.8. The number of likely N-dealkylation sites (tertiary alicyclic amines) is 1. The van der Waals surface area contributed by atoms with Crippen LogP contribution in [-0.4, -0.2) is 29.6 Å². The summed E-state index contributed by atoms with van der Waals surface area (Å²) in [6.45, 7) is 0.972. The number of benzene rings is 10. The molecule has 1 aliphatic heterocycles. The van der Waals surface area contributed by atoms with Gasteiger partial charge in [0.25, 0.3) is 0 Å².